The summed E-state index contributed by atoms with van der Waals surface area (Å²) in [5.41, 5.74) is 3.34. The van der Waals surface area contributed by atoms with Gasteiger partial charge in [-0.1, -0.05) is 29.8 Å². The number of para-hydroxylation sites is 2. The summed E-state index contributed by atoms with van der Waals surface area (Å²) in [4.78, 5) is 28.9. The smallest absolute Gasteiger partial charge is 0.243 e. The molecule has 0 saturated carbocycles. The number of amides is 2. The maximum atomic E-state index is 12.7. The molecule has 5 rings (SSSR count). The number of rotatable bonds is 4. The normalized spacial score (nSPS) is 19.9. The zero-order valence-electron chi connectivity index (χ0n) is 15.6. The van der Waals surface area contributed by atoms with Gasteiger partial charge in [-0.2, -0.15) is 0 Å². The van der Waals surface area contributed by atoms with Crippen molar-refractivity contribution < 1.29 is 9.59 Å². The van der Waals surface area contributed by atoms with Gasteiger partial charge in [-0.15, -0.1) is 0 Å². The van der Waals surface area contributed by atoms with Crippen molar-refractivity contribution in [1.82, 2.24) is 25.5 Å². The molecule has 0 bridgehead atoms. The number of nitrogens with one attached hydrogen (secondary N) is 3. The number of fused-ring (bicyclic) bond motifs is 1. The van der Waals surface area contributed by atoms with Crippen molar-refractivity contribution in [2.75, 3.05) is 13.1 Å². The summed E-state index contributed by atoms with van der Waals surface area (Å²) >= 11 is 6.49. The van der Waals surface area contributed by atoms with Gasteiger partial charge in [0.05, 0.1) is 11.0 Å². The molecule has 0 aliphatic carbocycles. The van der Waals surface area contributed by atoms with Crippen molar-refractivity contribution in [3.8, 4) is 5.69 Å². The number of aromatic nitrogens is 2. The van der Waals surface area contributed by atoms with Crippen LogP contribution in [-0.4, -0.2) is 40.5 Å². The quantitative estimate of drug-likeness (QED) is 0.613. The minimum atomic E-state index is -0.494. The largest absolute Gasteiger partial charge is 0.350 e. The van der Waals surface area contributed by atoms with E-state index in [-0.39, 0.29) is 17.2 Å². The number of nitrogens with zero attached hydrogens (tertiary/aromatic N) is 2. The third-order valence-corrected chi connectivity index (χ3v) is 6.22. The summed E-state index contributed by atoms with van der Waals surface area (Å²) < 4.78 is 1.98. The number of carbonyl (C=O) groups is 2. The summed E-state index contributed by atoms with van der Waals surface area (Å²) in [6.07, 6.45) is 2.17. The molecule has 1 unspecified atom stereocenters. The van der Waals surface area contributed by atoms with Gasteiger partial charge in [0.25, 0.3) is 0 Å². The van der Waals surface area contributed by atoms with Gasteiger partial charge in [0, 0.05) is 42.2 Å². The first-order chi connectivity index (χ1) is 14.1. The zero-order chi connectivity index (χ0) is 20.0. The van der Waals surface area contributed by atoms with Gasteiger partial charge >= 0.3 is 0 Å². The Balaban J connectivity index is 1.31. The highest BCUT2D eigenvalue weighted by Gasteiger charge is 2.54. The Bertz CT molecular complexity index is 1120. The first-order valence-electron chi connectivity index (χ1n) is 9.54. The molecule has 2 aliphatic rings. The molecule has 8 heteroatoms. The van der Waals surface area contributed by atoms with Crippen LogP contribution in [0.3, 0.4) is 0 Å². The van der Waals surface area contributed by atoms with Crippen LogP contribution >= 0.6 is 11.6 Å². The van der Waals surface area contributed by atoms with Crippen LogP contribution < -0.4 is 16.0 Å². The predicted molar refractivity (Wildman–Crippen MR) is 110 cm³/mol. The number of halogens is 1. The van der Waals surface area contributed by atoms with E-state index in [4.69, 9.17) is 11.6 Å². The molecular formula is C21H20ClN5O2. The number of carbonyl (C=O) groups excluding carboxylic acids is 2. The molecule has 29 heavy (non-hydrogen) atoms. The lowest BCUT2D eigenvalue weighted by atomic mass is 9.74. The molecule has 3 N–H and O–H groups in total. The highest BCUT2D eigenvalue weighted by molar-refractivity contribution is 6.31. The molecule has 2 fully saturated rings. The van der Waals surface area contributed by atoms with E-state index in [9.17, 15) is 9.59 Å². The van der Waals surface area contributed by atoms with E-state index in [1.807, 2.05) is 47.0 Å². The SMILES string of the molecule is O=C1CC2(CNC2)C(C(=O)NCc2ccc(-n3cnc4ccccc43)cc2Cl)N1. The van der Waals surface area contributed by atoms with Crippen molar-refractivity contribution in [3.05, 3.63) is 59.4 Å². The fraction of sp³-hybridized carbons (Fsp3) is 0.286. The van der Waals surface area contributed by atoms with Gasteiger partial charge in [0.2, 0.25) is 11.8 Å². The molecule has 1 aromatic heterocycles. The molecule has 148 valence electrons. The topological polar surface area (TPSA) is 88.1 Å². The zero-order valence-corrected chi connectivity index (χ0v) is 16.4. The molecule has 7 nitrogen and oxygen atoms in total. The molecule has 0 radical (unpaired) electrons. The van der Waals surface area contributed by atoms with E-state index in [0.717, 1.165) is 22.3 Å². The molecule has 2 aromatic carbocycles. The van der Waals surface area contributed by atoms with Crippen LogP contribution in [-0.2, 0) is 16.1 Å². The Morgan fingerprint density at radius 1 is 1.28 bits per heavy atom. The lowest BCUT2D eigenvalue weighted by molar-refractivity contribution is -0.127. The average Bonchev–Trinajstić information content (AvgIpc) is 3.28. The van der Waals surface area contributed by atoms with Crippen molar-refractivity contribution in [2.24, 2.45) is 5.41 Å². The van der Waals surface area contributed by atoms with E-state index < -0.39 is 6.04 Å². The molecule has 2 saturated heterocycles. The number of hydrogen-bond donors (Lipinski definition) is 3. The lowest BCUT2D eigenvalue weighted by Crippen LogP contribution is -2.63. The van der Waals surface area contributed by atoms with Gasteiger partial charge in [0.1, 0.15) is 12.4 Å². The summed E-state index contributed by atoms with van der Waals surface area (Å²) in [5, 5.41) is 9.46. The van der Waals surface area contributed by atoms with E-state index in [1.165, 1.54) is 0 Å². The minimum Gasteiger partial charge on any atom is -0.350 e. The van der Waals surface area contributed by atoms with Crippen LogP contribution in [0.15, 0.2) is 48.8 Å². The minimum absolute atomic E-state index is 0.0680. The van der Waals surface area contributed by atoms with Crippen molar-refractivity contribution in [3.63, 3.8) is 0 Å². The molecular weight excluding hydrogens is 390 g/mol. The number of hydrogen-bond acceptors (Lipinski definition) is 4. The van der Waals surface area contributed by atoms with E-state index in [0.29, 0.717) is 31.1 Å². The lowest BCUT2D eigenvalue weighted by Gasteiger charge is -2.41. The fourth-order valence-corrected chi connectivity index (χ4v) is 4.43. The van der Waals surface area contributed by atoms with Gasteiger partial charge in [-0.25, -0.2) is 4.98 Å². The van der Waals surface area contributed by atoms with Crippen LogP contribution in [0.1, 0.15) is 12.0 Å². The monoisotopic (exact) mass is 409 g/mol. The molecule has 3 aromatic rings. The molecule has 2 amide bonds. The maximum absolute atomic E-state index is 12.7. The second-order valence-corrected chi connectivity index (χ2v) is 8.15. The van der Waals surface area contributed by atoms with Crippen LogP contribution in [0.25, 0.3) is 16.7 Å². The van der Waals surface area contributed by atoms with Crippen LogP contribution in [0.5, 0.6) is 0 Å². The van der Waals surface area contributed by atoms with E-state index >= 15 is 0 Å². The molecule has 1 atom stereocenters. The third-order valence-electron chi connectivity index (χ3n) is 5.87. The second kappa shape index (κ2) is 6.86. The van der Waals surface area contributed by atoms with Crippen LogP contribution in [0.2, 0.25) is 5.02 Å². The fourth-order valence-electron chi connectivity index (χ4n) is 4.18. The Hall–Kier alpha value is -2.90. The second-order valence-electron chi connectivity index (χ2n) is 7.74. The third kappa shape index (κ3) is 3.07. The number of benzene rings is 2. The van der Waals surface area contributed by atoms with E-state index in [1.54, 1.807) is 6.33 Å². The summed E-state index contributed by atoms with van der Waals surface area (Å²) in [6.45, 7) is 1.66. The number of imidazole rings is 1. The maximum Gasteiger partial charge on any atom is 0.243 e. The summed E-state index contributed by atoms with van der Waals surface area (Å²) in [7, 11) is 0. The molecule has 3 heterocycles. The standard InChI is InChI=1S/C21H20ClN5O2/c22-15-7-14(27-12-25-16-3-1-2-4-17(16)27)6-5-13(15)9-24-20(29)19-21(10-23-11-21)8-18(28)26-19/h1-7,12,19,23H,8-11H2,(H,24,29)(H,26,28). The van der Waals surface area contributed by atoms with Crippen molar-refractivity contribution in [2.45, 2.75) is 19.0 Å². The van der Waals surface area contributed by atoms with Crippen molar-refractivity contribution in [1.29, 1.82) is 0 Å². The van der Waals surface area contributed by atoms with Gasteiger partial charge in [0.15, 0.2) is 0 Å². The average molecular weight is 410 g/mol. The first kappa shape index (κ1) is 18.1. The van der Waals surface area contributed by atoms with Crippen molar-refractivity contribution >= 4 is 34.4 Å². The Morgan fingerprint density at radius 2 is 2.10 bits per heavy atom. The molecule has 1 spiro atoms. The first-order valence-corrected chi connectivity index (χ1v) is 9.92. The van der Waals surface area contributed by atoms with E-state index in [2.05, 4.69) is 20.9 Å². The van der Waals surface area contributed by atoms with Crippen LogP contribution in [0, 0.1) is 5.41 Å². The van der Waals surface area contributed by atoms with Gasteiger partial charge in [-0.05, 0) is 29.8 Å². The molecule has 2 aliphatic heterocycles. The predicted octanol–water partition coefficient (Wildman–Crippen LogP) is 1.77. The van der Waals surface area contributed by atoms with Gasteiger partial charge < -0.3 is 16.0 Å². The Morgan fingerprint density at radius 3 is 2.86 bits per heavy atom. The highest BCUT2D eigenvalue weighted by atomic mass is 35.5. The Kier molecular flexibility index (Phi) is 4.29. The Labute approximate surface area is 172 Å². The highest BCUT2D eigenvalue weighted by Crippen LogP contribution is 2.36. The summed E-state index contributed by atoms with van der Waals surface area (Å²) in [6, 6.07) is 13.1. The van der Waals surface area contributed by atoms with Crippen LogP contribution in [0.4, 0.5) is 0 Å². The summed E-state index contributed by atoms with van der Waals surface area (Å²) in [5.74, 6) is -0.236. The van der Waals surface area contributed by atoms with Gasteiger partial charge in [-0.3, -0.25) is 14.2 Å².